The quantitative estimate of drug-likeness (QED) is 0.560. The van der Waals surface area contributed by atoms with Gasteiger partial charge in [0.2, 0.25) is 0 Å². The maximum Gasteiger partial charge on any atom is 0.335 e. The summed E-state index contributed by atoms with van der Waals surface area (Å²) in [5.74, 6) is -0.377. The molecule has 1 aromatic carbocycles. The molecule has 0 heterocycles. The number of rotatable bonds is 7. The fourth-order valence-corrected chi connectivity index (χ4v) is 1.26. The number of nitrogens with one attached hydrogen (secondary N) is 1. The van der Waals surface area contributed by atoms with Crippen molar-refractivity contribution in [2.45, 2.75) is 6.92 Å². The number of benzene rings is 1. The molecule has 4 nitrogen and oxygen atoms in total. The van der Waals surface area contributed by atoms with Gasteiger partial charge >= 0.3 is 5.97 Å². The Labute approximate surface area is 101 Å². The smallest absolute Gasteiger partial charge is 0.335 e. The molecular weight excluding hydrogens is 218 g/mol. The molecule has 17 heavy (non-hydrogen) atoms. The Kier molecular flexibility index (Phi) is 5.23. The van der Waals surface area contributed by atoms with Gasteiger partial charge in [-0.05, 0) is 25.1 Å². The first-order valence-corrected chi connectivity index (χ1v) is 5.41. The predicted molar refractivity (Wildman–Crippen MR) is 66.6 cm³/mol. The summed E-state index contributed by atoms with van der Waals surface area (Å²) in [5.41, 5.74) is 1.30. The molecule has 0 atom stereocenters. The third-order valence-electron chi connectivity index (χ3n) is 2.06. The summed E-state index contributed by atoms with van der Waals surface area (Å²) in [6.07, 6.45) is 0. The molecule has 0 aliphatic heterocycles. The van der Waals surface area contributed by atoms with Crippen LogP contribution in [0, 0.1) is 0 Å². The zero-order valence-electron chi connectivity index (χ0n) is 9.90. The Morgan fingerprint density at radius 3 is 2.94 bits per heavy atom. The molecule has 0 aliphatic rings. The van der Waals surface area contributed by atoms with Gasteiger partial charge in [0.15, 0.2) is 0 Å². The van der Waals surface area contributed by atoms with Crippen LogP contribution in [0.3, 0.4) is 0 Å². The molecule has 0 unspecified atom stereocenters. The minimum atomic E-state index is -0.948. The van der Waals surface area contributed by atoms with Crippen LogP contribution < -0.4 is 10.1 Å². The van der Waals surface area contributed by atoms with E-state index in [4.69, 9.17) is 9.84 Å². The van der Waals surface area contributed by atoms with Gasteiger partial charge in [-0.15, -0.1) is 0 Å². The van der Waals surface area contributed by atoms with Crippen LogP contribution >= 0.6 is 0 Å². The second-order valence-corrected chi connectivity index (χ2v) is 3.82. The fourth-order valence-electron chi connectivity index (χ4n) is 1.26. The summed E-state index contributed by atoms with van der Waals surface area (Å²) >= 11 is 0. The highest BCUT2D eigenvalue weighted by Crippen LogP contribution is 2.12. The van der Waals surface area contributed by atoms with Crippen LogP contribution in [-0.2, 0) is 0 Å². The van der Waals surface area contributed by atoms with Gasteiger partial charge in [-0.2, -0.15) is 0 Å². The third kappa shape index (κ3) is 5.17. The van der Waals surface area contributed by atoms with Crippen molar-refractivity contribution in [3.63, 3.8) is 0 Å². The van der Waals surface area contributed by atoms with E-state index in [1.54, 1.807) is 12.1 Å². The molecule has 1 aromatic rings. The van der Waals surface area contributed by atoms with E-state index >= 15 is 0 Å². The molecular formula is C13H17NO3. The number of hydrogen-bond donors (Lipinski definition) is 2. The first kappa shape index (κ1) is 13.3. The van der Waals surface area contributed by atoms with Gasteiger partial charge in [0.1, 0.15) is 12.4 Å². The van der Waals surface area contributed by atoms with Gasteiger partial charge < -0.3 is 15.2 Å². The van der Waals surface area contributed by atoms with Crippen LogP contribution in [0.1, 0.15) is 17.3 Å². The number of carbonyl (C=O) groups is 1. The van der Waals surface area contributed by atoms with Crippen molar-refractivity contribution < 1.29 is 14.6 Å². The monoisotopic (exact) mass is 235 g/mol. The van der Waals surface area contributed by atoms with Crippen molar-refractivity contribution >= 4 is 5.97 Å². The van der Waals surface area contributed by atoms with Gasteiger partial charge in [-0.1, -0.05) is 18.2 Å². The number of carboxylic acid groups (broad SMARTS) is 1. The first-order valence-electron chi connectivity index (χ1n) is 5.41. The van der Waals surface area contributed by atoms with Crippen molar-refractivity contribution in [1.29, 1.82) is 0 Å². The van der Waals surface area contributed by atoms with Crippen LogP contribution in [0.4, 0.5) is 0 Å². The summed E-state index contributed by atoms with van der Waals surface area (Å²) in [6.45, 7) is 7.68. The number of hydrogen-bond acceptors (Lipinski definition) is 3. The molecule has 0 bridgehead atoms. The molecule has 1 rings (SSSR count). The Morgan fingerprint density at radius 1 is 1.53 bits per heavy atom. The molecule has 0 fully saturated rings. The minimum Gasteiger partial charge on any atom is -0.492 e. The van der Waals surface area contributed by atoms with Gasteiger partial charge in [-0.25, -0.2) is 4.79 Å². The number of carboxylic acids is 1. The van der Waals surface area contributed by atoms with Crippen molar-refractivity contribution in [3.05, 3.63) is 42.0 Å². The highest BCUT2D eigenvalue weighted by Gasteiger charge is 2.03. The molecule has 0 saturated carbocycles. The van der Waals surface area contributed by atoms with Crippen LogP contribution in [0.2, 0.25) is 0 Å². The summed E-state index contributed by atoms with van der Waals surface area (Å²) in [7, 11) is 0. The van der Waals surface area contributed by atoms with Crippen molar-refractivity contribution in [1.82, 2.24) is 5.32 Å². The van der Waals surface area contributed by atoms with Crippen LogP contribution in [0.5, 0.6) is 5.75 Å². The summed E-state index contributed by atoms with van der Waals surface area (Å²) < 4.78 is 5.42. The van der Waals surface area contributed by atoms with Gasteiger partial charge in [0.25, 0.3) is 0 Å². The number of aromatic carboxylic acids is 1. The Morgan fingerprint density at radius 2 is 2.29 bits per heavy atom. The lowest BCUT2D eigenvalue weighted by molar-refractivity contribution is 0.0696. The van der Waals surface area contributed by atoms with Crippen LogP contribution in [-0.4, -0.2) is 30.8 Å². The maximum absolute atomic E-state index is 10.7. The lowest BCUT2D eigenvalue weighted by atomic mass is 10.2. The molecule has 92 valence electrons. The topological polar surface area (TPSA) is 58.6 Å². The van der Waals surface area contributed by atoms with E-state index in [9.17, 15) is 4.79 Å². The van der Waals surface area contributed by atoms with Gasteiger partial charge in [-0.3, -0.25) is 0 Å². The summed E-state index contributed by atoms with van der Waals surface area (Å²) in [5, 5.41) is 12.0. The molecule has 0 aliphatic carbocycles. The van der Waals surface area contributed by atoms with E-state index in [1.807, 2.05) is 6.92 Å². The fraction of sp³-hybridized carbons (Fsp3) is 0.308. The molecule has 0 saturated heterocycles. The zero-order chi connectivity index (χ0) is 12.7. The van der Waals surface area contributed by atoms with E-state index in [2.05, 4.69) is 11.9 Å². The van der Waals surface area contributed by atoms with Crippen molar-refractivity contribution in [3.8, 4) is 5.75 Å². The highest BCUT2D eigenvalue weighted by atomic mass is 16.5. The lowest BCUT2D eigenvalue weighted by Crippen LogP contribution is -2.22. The average Bonchev–Trinajstić information content (AvgIpc) is 2.28. The third-order valence-corrected chi connectivity index (χ3v) is 2.06. The normalized spacial score (nSPS) is 9.94. The average molecular weight is 235 g/mol. The standard InChI is InChI=1S/C13H17NO3/c1-10(2)9-14-6-7-17-12-5-3-4-11(8-12)13(15)16/h3-5,8,14H,1,6-7,9H2,2H3,(H,15,16). The molecule has 0 aromatic heterocycles. The summed E-state index contributed by atoms with van der Waals surface area (Å²) in [6, 6.07) is 6.46. The van der Waals surface area contributed by atoms with Gasteiger partial charge in [0.05, 0.1) is 5.56 Å². The lowest BCUT2D eigenvalue weighted by Gasteiger charge is -2.07. The minimum absolute atomic E-state index is 0.234. The Balaban J connectivity index is 2.34. The van der Waals surface area contributed by atoms with E-state index in [0.717, 1.165) is 12.1 Å². The SMILES string of the molecule is C=C(C)CNCCOc1cccc(C(=O)O)c1. The van der Waals surface area contributed by atoms with Crippen LogP contribution in [0.25, 0.3) is 0 Å². The predicted octanol–water partition coefficient (Wildman–Crippen LogP) is 1.93. The molecule has 4 heteroatoms. The van der Waals surface area contributed by atoms with Gasteiger partial charge in [0, 0.05) is 13.1 Å². The highest BCUT2D eigenvalue weighted by molar-refractivity contribution is 5.87. The van der Waals surface area contributed by atoms with Crippen LogP contribution in [0.15, 0.2) is 36.4 Å². The largest absolute Gasteiger partial charge is 0.492 e. The molecule has 0 spiro atoms. The van der Waals surface area contributed by atoms with E-state index in [-0.39, 0.29) is 5.56 Å². The number of ether oxygens (including phenoxy) is 1. The molecule has 2 N–H and O–H groups in total. The van der Waals surface area contributed by atoms with E-state index in [0.29, 0.717) is 18.9 Å². The second-order valence-electron chi connectivity index (χ2n) is 3.82. The van der Waals surface area contributed by atoms with Crippen molar-refractivity contribution in [2.75, 3.05) is 19.7 Å². The molecule has 0 radical (unpaired) electrons. The second kappa shape index (κ2) is 6.70. The molecule has 0 amide bonds. The first-order chi connectivity index (χ1) is 8.09. The van der Waals surface area contributed by atoms with E-state index in [1.165, 1.54) is 12.1 Å². The Hall–Kier alpha value is -1.81. The zero-order valence-corrected chi connectivity index (χ0v) is 9.90. The summed E-state index contributed by atoms with van der Waals surface area (Å²) in [4.78, 5) is 10.7. The maximum atomic E-state index is 10.7. The van der Waals surface area contributed by atoms with E-state index < -0.39 is 5.97 Å². The van der Waals surface area contributed by atoms with Crippen molar-refractivity contribution in [2.24, 2.45) is 0 Å². The Bertz CT molecular complexity index is 401.